The van der Waals surface area contributed by atoms with Crippen molar-refractivity contribution in [2.75, 3.05) is 20.6 Å². The third kappa shape index (κ3) is 3.05. The molecule has 0 spiro atoms. The highest BCUT2D eigenvalue weighted by Gasteiger charge is 2.06. The van der Waals surface area contributed by atoms with Gasteiger partial charge in [-0.15, -0.1) is 0 Å². The average molecular weight is 232 g/mol. The molecule has 2 aromatic rings. The molecule has 0 fully saturated rings. The predicted octanol–water partition coefficient (Wildman–Crippen LogP) is 1.60. The van der Waals surface area contributed by atoms with Crippen molar-refractivity contribution in [3.05, 3.63) is 30.1 Å². The van der Waals surface area contributed by atoms with Gasteiger partial charge in [-0.1, -0.05) is 0 Å². The number of nitrogens with zero attached hydrogens (tertiary/aromatic N) is 2. The number of likely N-dealkylation sites (N-methyl/N-ethyl adjacent to an activating group) is 1. The largest absolute Gasteiger partial charge is 0.346 e. The average Bonchev–Trinajstić information content (AvgIpc) is 2.69. The fourth-order valence-electron chi connectivity index (χ4n) is 2.06. The normalized spacial score (nSPS) is 13.4. The highest BCUT2D eigenvalue weighted by Crippen LogP contribution is 2.15. The number of fused-ring (bicyclic) bond motifs is 1. The van der Waals surface area contributed by atoms with Crippen molar-refractivity contribution in [3.63, 3.8) is 0 Å². The molecule has 0 saturated heterocycles. The molecule has 2 aromatic heterocycles. The van der Waals surface area contributed by atoms with Gasteiger partial charge in [0.2, 0.25) is 0 Å². The molecule has 4 heteroatoms. The number of hydrogen-bond donors (Lipinski definition) is 2. The Hall–Kier alpha value is -1.39. The van der Waals surface area contributed by atoms with E-state index in [-0.39, 0.29) is 0 Å². The van der Waals surface area contributed by atoms with E-state index in [2.05, 4.69) is 47.3 Å². The van der Waals surface area contributed by atoms with Crippen LogP contribution in [0.2, 0.25) is 0 Å². The molecule has 0 aliphatic heterocycles. The first kappa shape index (κ1) is 12.1. The van der Waals surface area contributed by atoms with E-state index in [4.69, 9.17) is 0 Å². The lowest BCUT2D eigenvalue weighted by molar-refractivity contribution is 0.349. The van der Waals surface area contributed by atoms with Crippen molar-refractivity contribution < 1.29 is 0 Å². The highest BCUT2D eigenvalue weighted by molar-refractivity contribution is 5.79. The quantitative estimate of drug-likeness (QED) is 0.823. The van der Waals surface area contributed by atoms with Crippen molar-refractivity contribution >= 4 is 11.0 Å². The maximum atomic E-state index is 4.29. The zero-order valence-electron chi connectivity index (χ0n) is 10.7. The van der Waals surface area contributed by atoms with Gasteiger partial charge in [-0.3, -0.25) is 0 Å². The molecule has 0 bridgehead atoms. The lowest BCUT2D eigenvalue weighted by Crippen LogP contribution is -2.35. The molecule has 2 N–H and O–H groups in total. The van der Waals surface area contributed by atoms with Crippen LogP contribution in [-0.4, -0.2) is 41.5 Å². The van der Waals surface area contributed by atoms with Crippen LogP contribution in [0.25, 0.3) is 11.0 Å². The van der Waals surface area contributed by atoms with Gasteiger partial charge in [0.1, 0.15) is 5.65 Å². The molecular formula is C13H20N4. The first-order chi connectivity index (χ1) is 8.16. The van der Waals surface area contributed by atoms with Crippen LogP contribution in [0, 0.1) is 0 Å². The molecule has 0 aliphatic rings. The van der Waals surface area contributed by atoms with Gasteiger partial charge < -0.3 is 15.2 Å². The molecule has 2 rings (SSSR count). The molecule has 0 radical (unpaired) electrons. The first-order valence-corrected chi connectivity index (χ1v) is 5.96. The van der Waals surface area contributed by atoms with Crippen LogP contribution in [0.1, 0.15) is 12.5 Å². The lowest BCUT2D eigenvalue weighted by Gasteiger charge is -2.18. The van der Waals surface area contributed by atoms with Crippen LogP contribution < -0.4 is 5.32 Å². The summed E-state index contributed by atoms with van der Waals surface area (Å²) in [5.41, 5.74) is 2.24. The van der Waals surface area contributed by atoms with Crippen molar-refractivity contribution in [3.8, 4) is 0 Å². The minimum atomic E-state index is 0.478. The molecule has 0 amide bonds. The monoisotopic (exact) mass is 232 g/mol. The van der Waals surface area contributed by atoms with Crippen molar-refractivity contribution in [1.82, 2.24) is 20.2 Å². The second kappa shape index (κ2) is 5.29. The van der Waals surface area contributed by atoms with Gasteiger partial charge in [-0.25, -0.2) is 4.98 Å². The van der Waals surface area contributed by atoms with Crippen LogP contribution in [0.4, 0.5) is 0 Å². The van der Waals surface area contributed by atoms with Gasteiger partial charge in [-0.05, 0) is 38.7 Å². The van der Waals surface area contributed by atoms with Crippen LogP contribution in [0.3, 0.4) is 0 Å². The summed E-state index contributed by atoms with van der Waals surface area (Å²) in [6.45, 7) is 4.12. The Morgan fingerprint density at radius 2 is 2.29 bits per heavy atom. The fraction of sp³-hybridized carbons (Fsp3) is 0.462. The number of aromatic nitrogens is 2. The second-order valence-electron chi connectivity index (χ2n) is 4.76. The summed E-state index contributed by atoms with van der Waals surface area (Å²) in [7, 11) is 4.18. The van der Waals surface area contributed by atoms with Gasteiger partial charge in [0.15, 0.2) is 0 Å². The number of nitrogens with one attached hydrogen (secondary N) is 2. The van der Waals surface area contributed by atoms with E-state index in [9.17, 15) is 0 Å². The third-order valence-corrected chi connectivity index (χ3v) is 2.82. The van der Waals surface area contributed by atoms with Crippen LogP contribution in [0.5, 0.6) is 0 Å². The van der Waals surface area contributed by atoms with Crippen LogP contribution in [0.15, 0.2) is 24.5 Å². The Morgan fingerprint density at radius 3 is 3.06 bits per heavy atom. The van der Waals surface area contributed by atoms with E-state index in [1.807, 2.05) is 18.5 Å². The molecule has 0 saturated carbocycles. The second-order valence-corrected chi connectivity index (χ2v) is 4.76. The SMILES string of the molecule is CC(CN(C)C)NCc1c[nH]c2ncccc12. The van der Waals surface area contributed by atoms with E-state index >= 15 is 0 Å². The smallest absolute Gasteiger partial charge is 0.137 e. The standard InChI is InChI=1S/C13H20N4/c1-10(9-17(2)3)15-7-11-8-16-13-12(11)5-4-6-14-13/h4-6,8,10,15H,7,9H2,1-3H3,(H,14,16). The number of aromatic amines is 1. The Kier molecular flexibility index (Phi) is 3.76. The third-order valence-electron chi connectivity index (χ3n) is 2.82. The molecule has 2 heterocycles. The van der Waals surface area contributed by atoms with Crippen LogP contribution >= 0.6 is 0 Å². The topological polar surface area (TPSA) is 44.0 Å². The van der Waals surface area contributed by atoms with E-state index in [0.717, 1.165) is 18.7 Å². The molecule has 92 valence electrons. The van der Waals surface area contributed by atoms with Gasteiger partial charge in [0.25, 0.3) is 0 Å². The first-order valence-electron chi connectivity index (χ1n) is 5.96. The number of pyridine rings is 1. The molecule has 4 nitrogen and oxygen atoms in total. The number of H-pyrrole nitrogens is 1. The van der Waals surface area contributed by atoms with Crippen LogP contribution in [-0.2, 0) is 6.54 Å². The minimum Gasteiger partial charge on any atom is -0.346 e. The summed E-state index contributed by atoms with van der Waals surface area (Å²) < 4.78 is 0. The van der Waals surface area contributed by atoms with E-state index in [1.54, 1.807) is 0 Å². The Bertz CT molecular complexity index is 475. The lowest BCUT2D eigenvalue weighted by atomic mass is 10.2. The van der Waals surface area contributed by atoms with E-state index in [0.29, 0.717) is 6.04 Å². The summed E-state index contributed by atoms with van der Waals surface area (Å²) in [5, 5.41) is 4.72. The molecule has 0 aliphatic carbocycles. The van der Waals surface area contributed by atoms with Crippen molar-refractivity contribution in [2.24, 2.45) is 0 Å². The van der Waals surface area contributed by atoms with Gasteiger partial charge in [0.05, 0.1) is 0 Å². The summed E-state index contributed by atoms with van der Waals surface area (Å²) >= 11 is 0. The van der Waals surface area contributed by atoms with Gasteiger partial charge in [-0.2, -0.15) is 0 Å². The van der Waals surface area contributed by atoms with E-state index in [1.165, 1.54) is 10.9 Å². The molecule has 1 atom stereocenters. The Balaban J connectivity index is 1.99. The number of hydrogen-bond acceptors (Lipinski definition) is 3. The molecule has 17 heavy (non-hydrogen) atoms. The minimum absolute atomic E-state index is 0.478. The van der Waals surface area contributed by atoms with Gasteiger partial charge >= 0.3 is 0 Å². The summed E-state index contributed by atoms with van der Waals surface area (Å²) in [6.07, 6.45) is 3.84. The van der Waals surface area contributed by atoms with Gasteiger partial charge in [0, 0.05) is 36.9 Å². The zero-order valence-corrected chi connectivity index (χ0v) is 10.7. The zero-order chi connectivity index (χ0) is 12.3. The Morgan fingerprint density at radius 1 is 1.47 bits per heavy atom. The highest BCUT2D eigenvalue weighted by atomic mass is 15.1. The van der Waals surface area contributed by atoms with Crippen molar-refractivity contribution in [1.29, 1.82) is 0 Å². The number of rotatable bonds is 5. The summed E-state index contributed by atoms with van der Waals surface area (Å²) in [4.78, 5) is 9.67. The Labute approximate surface area is 102 Å². The van der Waals surface area contributed by atoms with Crippen molar-refractivity contribution in [2.45, 2.75) is 19.5 Å². The molecular weight excluding hydrogens is 212 g/mol. The van der Waals surface area contributed by atoms with E-state index < -0.39 is 0 Å². The summed E-state index contributed by atoms with van der Waals surface area (Å²) in [6, 6.07) is 4.56. The molecule has 1 unspecified atom stereocenters. The maximum Gasteiger partial charge on any atom is 0.137 e. The predicted molar refractivity (Wildman–Crippen MR) is 70.9 cm³/mol. The maximum absolute atomic E-state index is 4.29. The summed E-state index contributed by atoms with van der Waals surface area (Å²) in [5.74, 6) is 0. The molecule has 0 aromatic carbocycles. The fourth-order valence-corrected chi connectivity index (χ4v) is 2.06.